The third-order valence-electron chi connectivity index (χ3n) is 5.09. The minimum Gasteiger partial charge on any atom is -0.466 e. The van der Waals surface area contributed by atoms with Gasteiger partial charge in [-0.15, -0.1) is 22.7 Å². The summed E-state index contributed by atoms with van der Waals surface area (Å²) in [5, 5.41) is 14.6. The van der Waals surface area contributed by atoms with E-state index in [1.165, 1.54) is 18.4 Å². The molecule has 33 heavy (non-hydrogen) atoms. The van der Waals surface area contributed by atoms with Crippen LogP contribution in [0, 0.1) is 11.3 Å². The SMILES string of the molecule is COC(=O)/C=c1\sc2n(c1=O)C(N)=C(C#N)C(c1cccs1)C=2C(=O)NCc1ccccc1. The number of carbonyl (C=O) groups excluding carboxylic acids is 2. The van der Waals surface area contributed by atoms with Gasteiger partial charge in [-0.2, -0.15) is 5.26 Å². The summed E-state index contributed by atoms with van der Waals surface area (Å²) in [6, 6.07) is 15.1. The Morgan fingerprint density at radius 1 is 1.27 bits per heavy atom. The second-order valence-electron chi connectivity index (χ2n) is 7.02. The summed E-state index contributed by atoms with van der Waals surface area (Å²) < 4.78 is 6.09. The van der Waals surface area contributed by atoms with E-state index in [0.29, 0.717) is 0 Å². The number of hydrogen-bond acceptors (Lipinski definition) is 8. The molecule has 1 amide bonds. The second-order valence-corrected chi connectivity index (χ2v) is 9.03. The fraction of sp³-hybridized carbons (Fsp3) is 0.130. The zero-order chi connectivity index (χ0) is 23.5. The number of aromatic nitrogens is 1. The first-order valence-corrected chi connectivity index (χ1v) is 11.5. The molecule has 166 valence electrons. The van der Waals surface area contributed by atoms with Gasteiger partial charge in [0.2, 0.25) is 0 Å². The summed E-state index contributed by atoms with van der Waals surface area (Å²) in [6.45, 7) is 0.262. The van der Waals surface area contributed by atoms with Gasteiger partial charge in [0.15, 0.2) is 0 Å². The molecular formula is C23H18N4O4S2. The van der Waals surface area contributed by atoms with Crippen molar-refractivity contribution in [3.63, 3.8) is 0 Å². The molecule has 1 atom stereocenters. The lowest BCUT2D eigenvalue weighted by molar-refractivity contribution is -0.133. The largest absolute Gasteiger partial charge is 0.466 e. The van der Waals surface area contributed by atoms with Gasteiger partial charge in [0.25, 0.3) is 11.5 Å². The van der Waals surface area contributed by atoms with E-state index >= 15 is 0 Å². The highest BCUT2D eigenvalue weighted by molar-refractivity contribution is 7.10. The van der Waals surface area contributed by atoms with E-state index in [0.717, 1.165) is 32.4 Å². The van der Waals surface area contributed by atoms with Crippen LogP contribution in [0.2, 0.25) is 0 Å². The number of nitriles is 1. The summed E-state index contributed by atoms with van der Waals surface area (Å²) >= 11 is 2.34. The topological polar surface area (TPSA) is 127 Å². The van der Waals surface area contributed by atoms with Crippen LogP contribution in [-0.2, 0) is 20.9 Å². The molecule has 0 spiro atoms. The van der Waals surface area contributed by atoms with Crippen molar-refractivity contribution in [3.05, 3.63) is 83.4 Å². The minimum atomic E-state index is -0.741. The molecule has 1 aromatic carbocycles. The van der Waals surface area contributed by atoms with Crippen LogP contribution in [0.25, 0.3) is 17.5 Å². The fourth-order valence-electron chi connectivity index (χ4n) is 3.55. The molecular weight excluding hydrogens is 460 g/mol. The number of nitrogens with one attached hydrogen (secondary N) is 1. The van der Waals surface area contributed by atoms with Gasteiger partial charge >= 0.3 is 5.97 Å². The molecule has 10 heteroatoms. The molecule has 3 aromatic rings. The Bertz CT molecular complexity index is 1480. The quantitative estimate of drug-likeness (QED) is 0.523. The van der Waals surface area contributed by atoms with Crippen molar-refractivity contribution in [1.82, 2.24) is 9.88 Å². The van der Waals surface area contributed by atoms with Gasteiger partial charge in [-0.25, -0.2) is 4.79 Å². The first kappa shape index (κ1) is 22.3. The first-order valence-electron chi connectivity index (χ1n) is 9.77. The number of fused-ring (bicyclic) bond motifs is 1. The lowest BCUT2D eigenvalue weighted by Crippen LogP contribution is -2.41. The average molecular weight is 479 g/mol. The number of nitrogens with two attached hydrogens (primary N) is 1. The lowest BCUT2D eigenvalue weighted by Gasteiger charge is -2.24. The predicted molar refractivity (Wildman–Crippen MR) is 126 cm³/mol. The van der Waals surface area contributed by atoms with Crippen LogP contribution in [0.4, 0.5) is 0 Å². The molecule has 1 aliphatic rings. The number of thiazole rings is 1. The molecule has 4 rings (SSSR count). The second kappa shape index (κ2) is 9.28. The van der Waals surface area contributed by atoms with E-state index in [9.17, 15) is 19.6 Å². The van der Waals surface area contributed by atoms with Crippen LogP contribution in [0.15, 0.2) is 58.2 Å². The molecule has 0 saturated carbocycles. The highest BCUT2D eigenvalue weighted by Gasteiger charge is 2.36. The van der Waals surface area contributed by atoms with Crippen LogP contribution >= 0.6 is 22.7 Å². The molecule has 8 nitrogen and oxygen atoms in total. The number of ether oxygens (including phenoxy) is 1. The summed E-state index contributed by atoms with van der Waals surface area (Å²) in [5.74, 6) is -1.94. The highest BCUT2D eigenvalue weighted by Crippen LogP contribution is 2.38. The Kier molecular flexibility index (Phi) is 6.26. The predicted octanol–water partition coefficient (Wildman–Crippen LogP) is 0.840. The van der Waals surface area contributed by atoms with Gasteiger partial charge in [-0.1, -0.05) is 36.4 Å². The number of benzene rings is 1. The molecule has 0 saturated heterocycles. The Hall–Kier alpha value is -3.94. The number of methoxy groups -OCH3 is 1. The van der Waals surface area contributed by atoms with Crippen LogP contribution < -0.4 is 25.8 Å². The Morgan fingerprint density at radius 3 is 2.67 bits per heavy atom. The maximum atomic E-state index is 13.5. The molecule has 0 radical (unpaired) electrons. The first-order chi connectivity index (χ1) is 16.0. The number of esters is 1. The number of amides is 1. The number of allylic oxidation sites excluding steroid dienone is 1. The van der Waals surface area contributed by atoms with Crippen molar-refractivity contribution in [1.29, 1.82) is 5.26 Å². The Balaban J connectivity index is 1.95. The summed E-state index contributed by atoms with van der Waals surface area (Å²) in [4.78, 5) is 39.0. The van der Waals surface area contributed by atoms with Gasteiger partial charge in [-0.05, 0) is 17.0 Å². The third-order valence-corrected chi connectivity index (χ3v) is 7.13. The third kappa shape index (κ3) is 4.11. The van der Waals surface area contributed by atoms with Crippen molar-refractivity contribution < 1.29 is 14.3 Å². The highest BCUT2D eigenvalue weighted by atomic mass is 32.1. The number of rotatable bonds is 5. The average Bonchev–Trinajstić information content (AvgIpc) is 3.46. The molecule has 0 bridgehead atoms. The van der Waals surface area contributed by atoms with Crippen LogP contribution in [0.5, 0.6) is 0 Å². The zero-order valence-corrected chi connectivity index (χ0v) is 19.0. The van der Waals surface area contributed by atoms with E-state index in [1.807, 2.05) is 47.8 Å². The molecule has 1 unspecified atom stereocenters. The summed E-state index contributed by atoms with van der Waals surface area (Å²) in [7, 11) is 1.20. The van der Waals surface area contributed by atoms with Gasteiger partial charge < -0.3 is 15.8 Å². The standard InChI is InChI=1S/C23H18N4O4S2/c1-31-17(28)10-16-22(30)27-20(25)14(11-24)18(15-8-5-9-32-15)19(23(27)33-16)21(29)26-12-13-6-3-2-4-7-13/h2-10,18H,12,25H2,1H3,(H,26,29)/b16-10-. The van der Waals surface area contributed by atoms with Crippen molar-refractivity contribution in [3.8, 4) is 6.07 Å². The normalized spacial score (nSPS) is 15.7. The van der Waals surface area contributed by atoms with E-state index in [-0.39, 0.29) is 32.7 Å². The smallest absolute Gasteiger partial charge is 0.332 e. The molecule has 3 N–H and O–H groups in total. The maximum absolute atomic E-state index is 13.5. The van der Waals surface area contributed by atoms with Crippen molar-refractivity contribution >= 4 is 52.0 Å². The van der Waals surface area contributed by atoms with Crippen molar-refractivity contribution in [2.75, 3.05) is 7.11 Å². The Labute approximate surface area is 196 Å². The van der Waals surface area contributed by atoms with Crippen LogP contribution in [-0.4, -0.2) is 23.6 Å². The van der Waals surface area contributed by atoms with Gasteiger partial charge in [0, 0.05) is 17.5 Å². The lowest BCUT2D eigenvalue weighted by atomic mass is 9.88. The van der Waals surface area contributed by atoms with Gasteiger partial charge in [0.05, 0.1) is 30.2 Å². The van der Waals surface area contributed by atoms with E-state index in [4.69, 9.17) is 5.73 Å². The number of hydrogen-bond donors (Lipinski definition) is 2. The molecule has 0 aliphatic carbocycles. The molecule has 0 fully saturated rings. The number of carbonyl (C=O) groups is 2. The van der Waals surface area contributed by atoms with Crippen LogP contribution in [0.3, 0.4) is 0 Å². The van der Waals surface area contributed by atoms with E-state index in [2.05, 4.69) is 16.1 Å². The zero-order valence-electron chi connectivity index (χ0n) is 17.4. The van der Waals surface area contributed by atoms with Gasteiger partial charge in [-0.3, -0.25) is 14.2 Å². The summed E-state index contributed by atoms with van der Waals surface area (Å²) in [5.41, 5.74) is 6.89. The van der Waals surface area contributed by atoms with Crippen molar-refractivity contribution in [2.24, 2.45) is 5.73 Å². The van der Waals surface area contributed by atoms with Crippen molar-refractivity contribution in [2.45, 2.75) is 12.5 Å². The fourth-order valence-corrected chi connectivity index (χ4v) is 5.53. The molecule has 1 aliphatic heterocycles. The number of thiophene rings is 1. The minimum absolute atomic E-state index is 0.0530. The van der Waals surface area contributed by atoms with Crippen LogP contribution in [0.1, 0.15) is 16.4 Å². The molecule has 2 aromatic heterocycles. The monoisotopic (exact) mass is 478 g/mol. The van der Waals surface area contributed by atoms with E-state index < -0.39 is 23.4 Å². The van der Waals surface area contributed by atoms with Gasteiger partial charge in [0.1, 0.15) is 15.0 Å². The number of nitrogens with zero attached hydrogens (tertiary/aromatic N) is 2. The molecule has 3 heterocycles. The maximum Gasteiger partial charge on any atom is 0.332 e. The van der Waals surface area contributed by atoms with E-state index in [1.54, 1.807) is 0 Å². The Morgan fingerprint density at radius 2 is 2.03 bits per heavy atom. The summed E-state index contributed by atoms with van der Waals surface area (Å²) in [6.07, 6.45) is 1.05.